The first-order chi connectivity index (χ1) is 18.1. The number of fused-ring (bicyclic) bond motifs is 1. The third-order valence-electron chi connectivity index (χ3n) is 5.36. The lowest BCUT2D eigenvalue weighted by Gasteiger charge is -2.24. The van der Waals surface area contributed by atoms with Crippen LogP contribution < -0.4 is 16.0 Å². The summed E-state index contributed by atoms with van der Waals surface area (Å²) in [7, 11) is 0. The Kier molecular flexibility index (Phi) is 12.0. The summed E-state index contributed by atoms with van der Waals surface area (Å²) in [5, 5.41) is 8.48. The van der Waals surface area contributed by atoms with Crippen LogP contribution >= 0.6 is 0 Å². The zero-order valence-corrected chi connectivity index (χ0v) is 22.1. The highest BCUT2D eigenvalue weighted by atomic mass is 16.5. The first-order valence-electron chi connectivity index (χ1n) is 12.5. The van der Waals surface area contributed by atoms with Crippen LogP contribution in [0.3, 0.4) is 0 Å². The monoisotopic (exact) mass is 529 g/mol. The van der Waals surface area contributed by atoms with E-state index in [1.165, 1.54) is 12.2 Å². The molecule has 0 aliphatic heterocycles. The molecule has 0 aliphatic rings. The van der Waals surface area contributed by atoms with Gasteiger partial charge in [0.1, 0.15) is 23.4 Å². The normalized spacial score (nSPS) is 12.7. The van der Waals surface area contributed by atoms with Gasteiger partial charge < -0.3 is 29.8 Å². The quantitative estimate of drug-likeness (QED) is 0.248. The Morgan fingerprint density at radius 3 is 2.37 bits per heavy atom. The SMILES string of the molecule is CCOC(=O)CC[C@@H](NC(=O)[C@@H](NC(=O)CNC(=O)/C=C/c1cc2ccccc2o1)C(C)C)C(=O)OCC. The minimum absolute atomic E-state index is 0.0181. The molecule has 2 aromatic rings. The summed E-state index contributed by atoms with van der Waals surface area (Å²) in [4.78, 5) is 61.6. The van der Waals surface area contributed by atoms with Crippen molar-refractivity contribution in [1.82, 2.24) is 16.0 Å². The molecule has 206 valence electrons. The summed E-state index contributed by atoms with van der Waals surface area (Å²) < 4.78 is 15.5. The molecule has 1 aromatic heterocycles. The van der Waals surface area contributed by atoms with Gasteiger partial charge in [-0.25, -0.2) is 4.79 Å². The van der Waals surface area contributed by atoms with Crippen molar-refractivity contribution in [2.45, 2.75) is 52.6 Å². The van der Waals surface area contributed by atoms with E-state index in [0.717, 1.165) is 5.39 Å². The number of nitrogens with one attached hydrogen (secondary N) is 3. The molecule has 0 aliphatic carbocycles. The maximum Gasteiger partial charge on any atom is 0.328 e. The van der Waals surface area contributed by atoms with Crippen LogP contribution in [0.1, 0.15) is 46.3 Å². The molecule has 0 saturated carbocycles. The summed E-state index contributed by atoms with van der Waals surface area (Å²) >= 11 is 0. The number of hydrogen-bond acceptors (Lipinski definition) is 8. The molecule has 3 amide bonds. The predicted octanol–water partition coefficient (Wildman–Crippen LogP) is 2.09. The molecule has 1 aromatic carbocycles. The lowest BCUT2D eigenvalue weighted by atomic mass is 10.0. The van der Waals surface area contributed by atoms with Gasteiger partial charge in [0.05, 0.1) is 19.8 Å². The molecule has 2 rings (SSSR count). The number of rotatable bonds is 14. The summed E-state index contributed by atoms with van der Waals surface area (Å²) in [6.07, 6.45) is 2.62. The van der Waals surface area contributed by atoms with Crippen LogP contribution in [-0.4, -0.2) is 61.5 Å². The largest absolute Gasteiger partial charge is 0.466 e. The van der Waals surface area contributed by atoms with Gasteiger partial charge in [-0.1, -0.05) is 32.0 Å². The number of esters is 2. The van der Waals surface area contributed by atoms with E-state index in [9.17, 15) is 24.0 Å². The van der Waals surface area contributed by atoms with Gasteiger partial charge in [-0.3, -0.25) is 19.2 Å². The lowest BCUT2D eigenvalue weighted by Crippen LogP contribution is -2.55. The smallest absolute Gasteiger partial charge is 0.328 e. The van der Waals surface area contributed by atoms with Crippen molar-refractivity contribution in [3.8, 4) is 0 Å². The van der Waals surface area contributed by atoms with Gasteiger partial charge in [-0.15, -0.1) is 0 Å². The fraction of sp³-hybridized carbons (Fsp3) is 0.444. The third-order valence-corrected chi connectivity index (χ3v) is 5.36. The van der Waals surface area contributed by atoms with Crippen LogP contribution in [0.2, 0.25) is 0 Å². The summed E-state index contributed by atoms with van der Waals surface area (Å²) in [5.74, 6) is -2.78. The minimum atomic E-state index is -1.09. The molecule has 11 heteroatoms. The zero-order chi connectivity index (χ0) is 28.1. The molecule has 11 nitrogen and oxygen atoms in total. The Hall–Kier alpha value is -4.15. The number of carbonyl (C=O) groups is 5. The standard InChI is InChI=1S/C27H35N3O8/c1-5-36-24(33)14-12-20(27(35)37-6-2)29-26(34)25(17(3)4)30-23(32)16-28-22(31)13-11-19-15-18-9-7-8-10-21(18)38-19/h7-11,13,15,17,20,25H,5-6,12,14,16H2,1-4H3,(H,28,31)(H,29,34)(H,30,32)/b13-11+/t20-,25+/m1/s1. The van der Waals surface area contributed by atoms with E-state index in [1.54, 1.807) is 33.8 Å². The molecule has 3 N–H and O–H groups in total. The number of carbonyl (C=O) groups excluding carboxylic acids is 5. The Morgan fingerprint density at radius 1 is 1.00 bits per heavy atom. The number of hydrogen-bond donors (Lipinski definition) is 3. The first-order valence-corrected chi connectivity index (χ1v) is 12.5. The summed E-state index contributed by atoms with van der Waals surface area (Å²) in [6.45, 7) is 6.65. The Bertz CT molecular complexity index is 1120. The highest BCUT2D eigenvalue weighted by Gasteiger charge is 2.30. The average molecular weight is 530 g/mol. The molecule has 2 atom stereocenters. The van der Waals surface area contributed by atoms with Crippen LogP contribution in [0.15, 0.2) is 40.8 Å². The maximum absolute atomic E-state index is 12.9. The van der Waals surface area contributed by atoms with Crippen molar-refractivity contribution < 1.29 is 37.9 Å². The van der Waals surface area contributed by atoms with E-state index in [1.807, 2.05) is 24.3 Å². The van der Waals surface area contributed by atoms with Gasteiger partial charge in [0.25, 0.3) is 0 Å². The van der Waals surface area contributed by atoms with Crippen molar-refractivity contribution >= 4 is 46.7 Å². The van der Waals surface area contributed by atoms with Crippen molar-refractivity contribution in [2.24, 2.45) is 5.92 Å². The topological polar surface area (TPSA) is 153 Å². The highest BCUT2D eigenvalue weighted by Crippen LogP contribution is 2.19. The Balaban J connectivity index is 1.91. The lowest BCUT2D eigenvalue weighted by molar-refractivity contribution is -0.149. The van der Waals surface area contributed by atoms with Gasteiger partial charge in [0.15, 0.2) is 0 Å². The molecule has 38 heavy (non-hydrogen) atoms. The molecular weight excluding hydrogens is 494 g/mol. The molecule has 0 unspecified atom stereocenters. The summed E-state index contributed by atoms with van der Waals surface area (Å²) in [5.41, 5.74) is 0.691. The van der Waals surface area contributed by atoms with Crippen LogP contribution in [-0.2, 0) is 33.4 Å². The van der Waals surface area contributed by atoms with Gasteiger partial charge in [0.2, 0.25) is 17.7 Å². The first kappa shape index (κ1) is 30.1. The third kappa shape index (κ3) is 9.72. The second kappa shape index (κ2) is 15.2. The second-order valence-electron chi connectivity index (χ2n) is 8.68. The van der Waals surface area contributed by atoms with Crippen LogP contribution in [0.5, 0.6) is 0 Å². The Labute approximate surface area is 221 Å². The summed E-state index contributed by atoms with van der Waals surface area (Å²) in [6, 6.07) is 7.12. The fourth-order valence-electron chi connectivity index (χ4n) is 3.48. The Morgan fingerprint density at radius 2 is 1.71 bits per heavy atom. The second-order valence-corrected chi connectivity index (χ2v) is 8.68. The highest BCUT2D eigenvalue weighted by molar-refractivity contribution is 5.96. The average Bonchev–Trinajstić information content (AvgIpc) is 3.30. The number of para-hydroxylation sites is 1. The number of furan rings is 1. The zero-order valence-electron chi connectivity index (χ0n) is 22.1. The maximum atomic E-state index is 12.9. The van der Waals surface area contributed by atoms with E-state index < -0.39 is 41.7 Å². The van der Waals surface area contributed by atoms with Gasteiger partial charge in [-0.2, -0.15) is 0 Å². The molecular formula is C27H35N3O8. The van der Waals surface area contributed by atoms with E-state index in [2.05, 4.69) is 16.0 Å². The van der Waals surface area contributed by atoms with Crippen LogP contribution in [0.4, 0.5) is 0 Å². The van der Waals surface area contributed by atoms with Gasteiger partial charge in [-0.05, 0) is 44.4 Å². The molecule has 0 radical (unpaired) electrons. The number of amides is 3. The fourth-order valence-corrected chi connectivity index (χ4v) is 3.48. The van der Waals surface area contributed by atoms with Crippen molar-refractivity contribution in [1.29, 1.82) is 0 Å². The molecule has 0 fully saturated rings. The van der Waals surface area contributed by atoms with E-state index in [0.29, 0.717) is 11.3 Å². The molecule has 0 spiro atoms. The van der Waals surface area contributed by atoms with Gasteiger partial charge >= 0.3 is 11.9 Å². The van der Waals surface area contributed by atoms with Crippen molar-refractivity contribution in [2.75, 3.05) is 19.8 Å². The van der Waals surface area contributed by atoms with Crippen molar-refractivity contribution in [3.05, 3.63) is 42.2 Å². The van der Waals surface area contributed by atoms with E-state index in [-0.39, 0.29) is 38.5 Å². The van der Waals surface area contributed by atoms with E-state index >= 15 is 0 Å². The number of benzene rings is 1. The molecule has 1 heterocycles. The molecule has 0 saturated heterocycles. The van der Waals surface area contributed by atoms with Gasteiger partial charge in [0, 0.05) is 17.9 Å². The number of ether oxygens (including phenoxy) is 2. The van der Waals surface area contributed by atoms with Crippen LogP contribution in [0.25, 0.3) is 17.0 Å². The van der Waals surface area contributed by atoms with Crippen LogP contribution in [0, 0.1) is 5.92 Å². The predicted molar refractivity (Wildman–Crippen MR) is 139 cm³/mol. The van der Waals surface area contributed by atoms with Crippen molar-refractivity contribution in [3.63, 3.8) is 0 Å². The van der Waals surface area contributed by atoms with E-state index in [4.69, 9.17) is 13.9 Å². The molecule has 0 bridgehead atoms. The minimum Gasteiger partial charge on any atom is -0.466 e.